The lowest BCUT2D eigenvalue weighted by Crippen LogP contribution is -1.96. The van der Waals surface area contributed by atoms with Gasteiger partial charge < -0.3 is 15.1 Å². The van der Waals surface area contributed by atoms with Gasteiger partial charge in [-0.1, -0.05) is 24.4 Å². The lowest BCUT2D eigenvalue weighted by Gasteiger charge is -2.01. The maximum Gasteiger partial charge on any atom is 0.335 e. The number of carbonyl (C=O) groups is 1. The summed E-state index contributed by atoms with van der Waals surface area (Å²) in [6.07, 6.45) is 1.43. The Morgan fingerprint density at radius 1 is 1.38 bits per heavy atom. The fourth-order valence-corrected chi connectivity index (χ4v) is 2.37. The van der Waals surface area contributed by atoms with Crippen LogP contribution in [-0.2, 0) is 0 Å². The molecule has 7 heteroatoms. The molecule has 3 N–H and O–H groups in total. The van der Waals surface area contributed by atoms with Crippen molar-refractivity contribution in [1.29, 1.82) is 5.26 Å². The molecule has 6 nitrogen and oxygen atoms in total. The molecule has 0 fully saturated rings. The maximum absolute atomic E-state index is 11.1. The Labute approximate surface area is 123 Å². The minimum absolute atomic E-state index is 0.149. The third-order valence-corrected chi connectivity index (χ3v) is 3.42. The van der Waals surface area contributed by atoms with Gasteiger partial charge in [0.1, 0.15) is 17.1 Å². The van der Waals surface area contributed by atoms with Gasteiger partial charge in [0.2, 0.25) is 0 Å². The normalized spacial score (nSPS) is 10.4. The number of aromatic nitrogens is 3. The zero-order valence-electron chi connectivity index (χ0n) is 10.5. The van der Waals surface area contributed by atoms with Crippen LogP contribution in [0.1, 0.15) is 15.9 Å². The van der Waals surface area contributed by atoms with E-state index in [1.165, 1.54) is 18.5 Å². The largest absolute Gasteiger partial charge is 0.478 e. The highest BCUT2D eigenvalue weighted by Gasteiger charge is 2.15. The van der Waals surface area contributed by atoms with Gasteiger partial charge >= 0.3 is 5.97 Å². The summed E-state index contributed by atoms with van der Waals surface area (Å²) in [5.41, 5.74) is 2.76. The number of hydrogen-bond acceptors (Lipinski definition) is 4. The first-order valence-electron chi connectivity index (χ1n) is 5.95. The van der Waals surface area contributed by atoms with Crippen LogP contribution in [-0.4, -0.2) is 26.0 Å². The molecule has 2 heterocycles. The van der Waals surface area contributed by atoms with Crippen LogP contribution in [0.25, 0.3) is 22.3 Å². The van der Waals surface area contributed by atoms with Crippen LogP contribution in [0.5, 0.6) is 0 Å². The van der Waals surface area contributed by atoms with E-state index in [0.29, 0.717) is 32.5 Å². The van der Waals surface area contributed by atoms with Crippen molar-refractivity contribution in [3.63, 3.8) is 0 Å². The molecule has 1 aromatic carbocycles. The van der Waals surface area contributed by atoms with Crippen molar-refractivity contribution in [2.45, 2.75) is 0 Å². The predicted molar refractivity (Wildman–Crippen MR) is 78.4 cm³/mol. The first kappa shape index (κ1) is 13.0. The van der Waals surface area contributed by atoms with Gasteiger partial charge in [-0.25, -0.2) is 9.78 Å². The molecule has 0 radical (unpaired) electrons. The summed E-state index contributed by atoms with van der Waals surface area (Å²) in [5, 5.41) is 18.4. The van der Waals surface area contributed by atoms with E-state index in [9.17, 15) is 10.1 Å². The average Bonchev–Trinajstić information content (AvgIpc) is 2.87. The molecular formula is C14H8N4O2S. The molecule has 0 saturated carbocycles. The van der Waals surface area contributed by atoms with Gasteiger partial charge in [-0.2, -0.15) is 5.26 Å². The number of aromatic carboxylic acids is 1. The number of nitrogens with zero attached hydrogens (tertiary/aromatic N) is 2. The number of H-pyrrole nitrogens is 2. The Morgan fingerprint density at radius 3 is 2.90 bits per heavy atom. The van der Waals surface area contributed by atoms with E-state index in [2.05, 4.69) is 21.0 Å². The fourth-order valence-electron chi connectivity index (χ4n) is 2.16. The number of hydrogen-bond donors (Lipinski definition) is 3. The molecule has 0 atom stereocenters. The Balaban J connectivity index is 2.33. The number of nitriles is 1. The van der Waals surface area contributed by atoms with Gasteiger partial charge in [0.15, 0.2) is 4.64 Å². The molecular weight excluding hydrogens is 288 g/mol. The van der Waals surface area contributed by atoms with Gasteiger partial charge in [0, 0.05) is 5.56 Å². The molecule has 0 bridgehead atoms. The molecule has 0 aliphatic rings. The van der Waals surface area contributed by atoms with Crippen molar-refractivity contribution < 1.29 is 9.90 Å². The number of fused-ring (bicyclic) bond motifs is 1. The number of benzene rings is 1. The summed E-state index contributed by atoms with van der Waals surface area (Å²) in [4.78, 5) is 21.0. The number of rotatable bonds is 2. The first-order valence-corrected chi connectivity index (χ1v) is 6.36. The maximum atomic E-state index is 11.1. The summed E-state index contributed by atoms with van der Waals surface area (Å²) in [5.74, 6) is -1.02. The zero-order chi connectivity index (χ0) is 15.0. The van der Waals surface area contributed by atoms with E-state index in [1.807, 2.05) is 0 Å². The highest BCUT2D eigenvalue weighted by atomic mass is 32.1. The Hall–Kier alpha value is -2.98. The SMILES string of the molecule is N#Cc1c(-c2cccc(C(=O)O)c2)[nH]c2c(=S)nc[nH]c12. The molecule has 0 unspecified atom stereocenters. The predicted octanol–water partition coefficient (Wildman–Crippen LogP) is 2.86. The molecule has 3 aromatic rings. The summed E-state index contributed by atoms with van der Waals surface area (Å²) >= 11 is 5.13. The van der Waals surface area contributed by atoms with Crippen LogP contribution < -0.4 is 0 Å². The molecule has 21 heavy (non-hydrogen) atoms. The first-order chi connectivity index (χ1) is 10.1. The van der Waals surface area contributed by atoms with E-state index in [-0.39, 0.29) is 5.56 Å². The molecule has 0 aliphatic carbocycles. The Morgan fingerprint density at radius 2 is 2.19 bits per heavy atom. The highest BCUT2D eigenvalue weighted by molar-refractivity contribution is 7.71. The van der Waals surface area contributed by atoms with Crippen molar-refractivity contribution in [3.8, 4) is 17.3 Å². The Kier molecular flexibility index (Phi) is 3.01. The van der Waals surface area contributed by atoms with E-state index >= 15 is 0 Å². The minimum Gasteiger partial charge on any atom is -0.478 e. The van der Waals surface area contributed by atoms with E-state index in [4.69, 9.17) is 17.3 Å². The Bertz CT molecular complexity index is 965. The molecule has 3 rings (SSSR count). The molecule has 0 spiro atoms. The van der Waals surface area contributed by atoms with Crippen LogP contribution in [0.3, 0.4) is 0 Å². The summed E-state index contributed by atoms with van der Waals surface area (Å²) < 4.78 is 0.348. The quantitative estimate of drug-likeness (QED) is 0.630. The smallest absolute Gasteiger partial charge is 0.335 e. The van der Waals surface area contributed by atoms with E-state index < -0.39 is 5.97 Å². The summed E-state index contributed by atoms with van der Waals surface area (Å²) in [6, 6.07) is 8.46. The van der Waals surface area contributed by atoms with E-state index in [1.54, 1.807) is 12.1 Å². The van der Waals surface area contributed by atoms with Crippen LogP contribution in [0.2, 0.25) is 0 Å². The van der Waals surface area contributed by atoms with Gasteiger partial charge in [0.25, 0.3) is 0 Å². The van der Waals surface area contributed by atoms with Crippen LogP contribution in [0, 0.1) is 16.0 Å². The minimum atomic E-state index is -1.02. The van der Waals surface area contributed by atoms with Crippen molar-refractivity contribution in [3.05, 3.63) is 46.4 Å². The van der Waals surface area contributed by atoms with Crippen molar-refractivity contribution in [2.24, 2.45) is 0 Å². The van der Waals surface area contributed by atoms with E-state index in [0.717, 1.165) is 0 Å². The number of carboxylic acids is 1. The monoisotopic (exact) mass is 296 g/mol. The van der Waals surface area contributed by atoms with Crippen molar-refractivity contribution in [1.82, 2.24) is 15.0 Å². The molecule has 102 valence electrons. The molecule has 2 aromatic heterocycles. The van der Waals surface area contributed by atoms with Gasteiger partial charge in [-0.05, 0) is 12.1 Å². The summed E-state index contributed by atoms with van der Waals surface area (Å²) in [7, 11) is 0. The average molecular weight is 296 g/mol. The number of aromatic amines is 2. The third-order valence-electron chi connectivity index (χ3n) is 3.11. The molecule has 0 saturated heterocycles. The zero-order valence-corrected chi connectivity index (χ0v) is 11.4. The third kappa shape index (κ3) is 2.07. The molecule has 0 amide bonds. The van der Waals surface area contributed by atoms with Crippen molar-refractivity contribution in [2.75, 3.05) is 0 Å². The molecule has 0 aliphatic heterocycles. The fraction of sp³-hybridized carbons (Fsp3) is 0. The standard InChI is InChI=1S/C14H8N4O2S/c15-5-9-10(7-2-1-3-8(4-7)14(19)20)18-12-11(9)16-6-17-13(12)21/h1-4,6,18H,(H,19,20)(H,16,17,21). The summed E-state index contributed by atoms with van der Waals surface area (Å²) in [6.45, 7) is 0. The van der Waals surface area contributed by atoms with Gasteiger partial charge in [0.05, 0.1) is 23.1 Å². The van der Waals surface area contributed by atoms with Crippen LogP contribution in [0.4, 0.5) is 0 Å². The second kappa shape index (κ2) is 4.85. The van der Waals surface area contributed by atoms with Gasteiger partial charge in [-0.3, -0.25) is 0 Å². The van der Waals surface area contributed by atoms with Crippen molar-refractivity contribution >= 4 is 29.2 Å². The lowest BCUT2D eigenvalue weighted by molar-refractivity contribution is 0.0697. The van der Waals surface area contributed by atoms with Crippen LogP contribution >= 0.6 is 12.2 Å². The second-order valence-electron chi connectivity index (χ2n) is 4.33. The topological polar surface area (TPSA) is 106 Å². The number of nitrogens with one attached hydrogen (secondary N) is 2. The van der Waals surface area contributed by atoms with Gasteiger partial charge in [-0.15, -0.1) is 0 Å². The second-order valence-corrected chi connectivity index (χ2v) is 4.72. The lowest BCUT2D eigenvalue weighted by atomic mass is 10.1. The van der Waals surface area contributed by atoms with Crippen LogP contribution in [0.15, 0.2) is 30.6 Å². The highest BCUT2D eigenvalue weighted by Crippen LogP contribution is 2.29. The number of carboxylic acid groups (broad SMARTS) is 1.